The number of allylic oxidation sites excluding steroid dienone is 1. The van der Waals surface area contributed by atoms with Crippen LogP contribution in [0, 0.1) is 6.92 Å². The average Bonchev–Trinajstić information content (AvgIpc) is 3.18. The van der Waals surface area contributed by atoms with Crippen molar-refractivity contribution in [2.75, 3.05) is 31.7 Å². The van der Waals surface area contributed by atoms with Gasteiger partial charge in [-0.1, -0.05) is 17.7 Å². The zero-order valence-corrected chi connectivity index (χ0v) is 16.6. The summed E-state index contributed by atoms with van der Waals surface area (Å²) in [5, 5.41) is 0. The molecular formula is C20H25N5O3. The summed E-state index contributed by atoms with van der Waals surface area (Å²) in [6, 6.07) is 7.27. The molecule has 1 aromatic rings. The Bertz CT molecular complexity index is 863. The maximum atomic E-state index is 13.2. The van der Waals surface area contributed by atoms with Crippen LogP contribution in [-0.2, 0) is 9.53 Å². The molecule has 0 N–H and O–H groups in total. The third kappa shape index (κ3) is 2.75. The summed E-state index contributed by atoms with van der Waals surface area (Å²) >= 11 is 0. The topological polar surface area (TPSA) is 68.7 Å². The summed E-state index contributed by atoms with van der Waals surface area (Å²) in [7, 11) is 1.69. The molecule has 2 unspecified atom stereocenters. The van der Waals surface area contributed by atoms with Crippen molar-refractivity contribution < 1.29 is 14.3 Å². The second-order valence-corrected chi connectivity index (χ2v) is 7.22. The molecule has 148 valence electrons. The van der Waals surface area contributed by atoms with Gasteiger partial charge in [0.1, 0.15) is 0 Å². The number of rotatable bonds is 5. The Morgan fingerprint density at radius 1 is 1.14 bits per heavy atom. The number of hydrogen-bond donors (Lipinski definition) is 0. The molecular weight excluding hydrogens is 358 g/mol. The van der Waals surface area contributed by atoms with Crippen molar-refractivity contribution in [3.05, 3.63) is 41.7 Å². The van der Waals surface area contributed by atoms with Gasteiger partial charge in [-0.3, -0.25) is 14.6 Å². The predicted molar refractivity (Wildman–Crippen MR) is 106 cm³/mol. The Labute approximate surface area is 164 Å². The number of hydrogen-bond acceptors (Lipinski definition) is 6. The summed E-state index contributed by atoms with van der Waals surface area (Å²) in [6.07, 6.45) is 1.40. The van der Waals surface area contributed by atoms with Crippen molar-refractivity contribution in [3.8, 4) is 0 Å². The molecule has 3 aliphatic rings. The van der Waals surface area contributed by atoms with Gasteiger partial charge < -0.3 is 14.5 Å². The molecule has 0 radical (unpaired) electrons. The van der Waals surface area contributed by atoms with E-state index in [1.165, 1.54) is 10.5 Å². The summed E-state index contributed by atoms with van der Waals surface area (Å²) < 4.78 is 5.34. The van der Waals surface area contributed by atoms with E-state index in [1.807, 2.05) is 61.0 Å². The first-order valence-electron chi connectivity index (χ1n) is 9.51. The summed E-state index contributed by atoms with van der Waals surface area (Å²) in [4.78, 5) is 37.3. The molecule has 4 rings (SSSR count). The van der Waals surface area contributed by atoms with Gasteiger partial charge in [0.2, 0.25) is 5.96 Å². The molecule has 1 aromatic carbocycles. The van der Waals surface area contributed by atoms with Gasteiger partial charge >= 0.3 is 6.03 Å². The van der Waals surface area contributed by atoms with Crippen molar-refractivity contribution in [2.45, 2.75) is 33.0 Å². The van der Waals surface area contributed by atoms with E-state index in [1.54, 1.807) is 11.9 Å². The van der Waals surface area contributed by atoms with Crippen molar-refractivity contribution in [1.29, 1.82) is 0 Å². The van der Waals surface area contributed by atoms with Crippen LogP contribution < -0.4 is 4.90 Å². The zero-order valence-electron chi connectivity index (χ0n) is 16.6. The van der Waals surface area contributed by atoms with Gasteiger partial charge in [0.15, 0.2) is 12.2 Å². The Hall–Kier alpha value is -2.87. The first kappa shape index (κ1) is 18.5. The highest BCUT2D eigenvalue weighted by Crippen LogP contribution is 2.36. The summed E-state index contributed by atoms with van der Waals surface area (Å²) in [5.74, 6) is 0.442. The molecule has 3 amide bonds. The fourth-order valence-electron chi connectivity index (χ4n) is 3.87. The highest BCUT2D eigenvalue weighted by molar-refractivity contribution is 6.09. The largest absolute Gasteiger partial charge is 0.380 e. The number of nitrogens with zero attached hydrogens (tertiary/aromatic N) is 5. The normalized spacial score (nSPS) is 23.9. The Balaban J connectivity index is 1.64. The molecule has 28 heavy (non-hydrogen) atoms. The molecule has 8 nitrogen and oxygen atoms in total. The molecule has 1 fully saturated rings. The number of ether oxygens (including phenoxy) is 1. The van der Waals surface area contributed by atoms with Crippen LogP contribution in [0.15, 0.2) is 41.2 Å². The minimum Gasteiger partial charge on any atom is -0.380 e. The van der Waals surface area contributed by atoms with Gasteiger partial charge in [-0.15, -0.1) is 0 Å². The molecule has 1 saturated heterocycles. The minimum absolute atomic E-state index is 0.235. The van der Waals surface area contributed by atoms with Gasteiger partial charge in [0.05, 0.1) is 13.2 Å². The molecule has 2 atom stereocenters. The zero-order chi connectivity index (χ0) is 20.0. The molecule has 0 bridgehead atoms. The lowest BCUT2D eigenvalue weighted by Crippen LogP contribution is -2.64. The lowest BCUT2D eigenvalue weighted by Gasteiger charge is -2.40. The Morgan fingerprint density at radius 3 is 2.54 bits per heavy atom. The fourth-order valence-corrected chi connectivity index (χ4v) is 3.87. The number of urea groups is 1. The van der Waals surface area contributed by atoms with E-state index in [4.69, 9.17) is 9.73 Å². The second-order valence-electron chi connectivity index (χ2n) is 7.22. The van der Waals surface area contributed by atoms with E-state index in [0.717, 1.165) is 11.4 Å². The number of carbonyl (C=O) groups is 2. The van der Waals surface area contributed by atoms with E-state index in [9.17, 15) is 9.59 Å². The number of imide groups is 1. The molecule has 3 heterocycles. The van der Waals surface area contributed by atoms with Gasteiger partial charge in [-0.2, -0.15) is 0 Å². The fraction of sp³-hybridized carbons (Fsp3) is 0.450. The number of aryl methyl sites for hydroxylation is 1. The molecule has 0 saturated carbocycles. The Morgan fingerprint density at radius 2 is 1.86 bits per heavy atom. The van der Waals surface area contributed by atoms with E-state index in [-0.39, 0.29) is 18.5 Å². The number of benzene rings is 1. The highest BCUT2D eigenvalue weighted by Gasteiger charge is 2.54. The number of guanidine groups is 1. The highest BCUT2D eigenvalue weighted by atomic mass is 16.5. The molecule has 0 aromatic heterocycles. The monoisotopic (exact) mass is 383 g/mol. The standard InChI is InChI=1S/C20H25N5O3/c1-5-28-11-10-23-18(26)16-17(22(4)20(23)27)21-19-24(16)12-14(3)25(19)15-8-6-13(2)7-9-15/h6-9,12,16-17H,5,10-11H2,1-4H3. The van der Waals surface area contributed by atoms with Gasteiger partial charge in [0.25, 0.3) is 5.91 Å². The van der Waals surface area contributed by atoms with Crippen molar-refractivity contribution >= 4 is 23.6 Å². The maximum Gasteiger partial charge on any atom is 0.328 e. The van der Waals surface area contributed by atoms with Crippen LogP contribution in [0.3, 0.4) is 0 Å². The van der Waals surface area contributed by atoms with Crippen molar-refractivity contribution in [1.82, 2.24) is 14.7 Å². The van der Waals surface area contributed by atoms with Crippen LogP contribution in [-0.4, -0.2) is 71.6 Å². The number of fused-ring (bicyclic) bond motifs is 3. The maximum absolute atomic E-state index is 13.2. The van der Waals surface area contributed by atoms with Gasteiger partial charge in [-0.05, 0) is 32.9 Å². The number of likely N-dealkylation sites (N-methyl/N-ethyl adjacent to an activating group) is 1. The number of aliphatic imine (C=N–C) groups is 1. The van der Waals surface area contributed by atoms with E-state index in [2.05, 4.69) is 0 Å². The second kappa shape index (κ2) is 6.94. The predicted octanol–water partition coefficient (Wildman–Crippen LogP) is 1.97. The van der Waals surface area contributed by atoms with Crippen molar-refractivity contribution in [2.24, 2.45) is 4.99 Å². The third-order valence-corrected chi connectivity index (χ3v) is 5.34. The van der Waals surface area contributed by atoms with Crippen LogP contribution in [0.5, 0.6) is 0 Å². The first-order valence-corrected chi connectivity index (χ1v) is 9.51. The van der Waals surface area contributed by atoms with Gasteiger partial charge in [0, 0.05) is 31.2 Å². The van der Waals surface area contributed by atoms with E-state index >= 15 is 0 Å². The van der Waals surface area contributed by atoms with Crippen LogP contribution in [0.1, 0.15) is 19.4 Å². The Kier molecular flexibility index (Phi) is 4.58. The summed E-state index contributed by atoms with van der Waals surface area (Å²) in [6.45, 7) is 7.04. The molecule has 8 heteroatoms. The van der Waals surface area contributed by atoms with Crippen molar-refractivity contribution in [3.63, 3.8) is 0 Å². The van der Waals surface area contributed by atoms with E-state index < -0.39 is 12.2 Å². The van der Waals surface area contributed by atoms with E-state index in [0.29, 0.717) is 19.2 Å². The van der Waals surface area contributed by atoms with Crippen LogP contribution >= 0.6 is 0 Å². The van der Waals surface area contributed by atoms with Gasteiger partial charge in [-0.25, -0.2) is 9.79 Å². The lowest BCUT2D eigenvalue weighted by atomic mass is 10.1. The SMILES string of the molecule is CCOCCN1C(=O)C2C(N=C3N(c4ccc(C)cc4)C(C)=CN32)N(C)C1=O. The lowest BCUT2D eigenvalue weighted by molar-refractivity contribution is -0.137. The minimum atomic E-state index is -0.551. The number of anilines is 1. The molecule has 0 aliphatic carbocycles. The van der Waals surface area contributed by atoms with Crippen LogP contribution in [0.2, 0.25) is 0 Å². The first-order chi connectivity index (χ1) is 13.4. The molecule has 0 spiro atoms. The smallest absolute Gasteiger partial charge is 0.328 e. The quantitative estimate of drug-likeness (QED) is 0.727. The third-order valence-electron chi connectivity index (χ3n) is 5.34. The number of amides is 3. The van der Waals surface area contributed by atoms with Crippen LogP contribution in [0.4, 0.5) is 10.5 Å². The average molecular weight is 383 g/mol. The summed E-state index contributed by atoms with van der Waals surface area (Å²) in [5.41, 5.74) is 3.14. The molecule has 3 aliphatic heterocycles. The van der Waals surface area contributed by atoms with Crippen LogP contribution in [0.25, 0.3) is 0 Å². The number of carbonyl (C=O) groups excluding carboxylic acids is 2.